The smallest absolute Gasteiger partial charge is 0.0461 e. The highest BCUT2D eigenvalue weighted by Crippen LogP contribution is 2.90. The van der Waals surface area contributed by atoms with Crippen LogP contribution in [0.1, 0.15) is 6.42 Å². The Hall–Kier alpha value is 0.700. The maximum absolute atomic E-state index is 3.66. The molecular formula is C11H10Br2. The predicted molar refractivity (Wildman–Crippen MR) is 57.4 cm³/mol. The second-order valence-corrected chi connectivity index (χ2v) is 8.29. The van der Waals surface area contributed by atoms with Gasteiger partial charge in [0, 0.05) is 0 Å². The molecule has 0 aromatic heterocycles. The van der Waals surface area contributed by atoms with Crippen molar-refractivity contribution in [3.8, 4) is 0 Å². The van der Waals surface area contributed by atoms with Gasteiger partial charge in [-0.25, -0.2) is 0 Å². The molecule has 0 N–H and O–H groups in total. The molecule has 13 heavy (non-hydrogen) atoms. The Bertz CT molecular complexity index is 364. The molecule has 0 spiro atoms. The SMILES string of the molecule is BrC(Br)=C1[C@@H]2[C@@H]3C[C@H]4[C@H]5[C@@H]([C@H]1[C@H]35)[C@H]42. The zero-order valence-corrected chi connectivity index (χ0v) is 10.3. The summed E-state index contributed by atoms with van der Waals surface area (Å²) >= 11 is 7.32. The van der Waals surface area contributed by atoms with Crippen molar-refractivity contribution in [2.45, 2.75) is 6.42 Å². The quantitative estimate of drug-likeness (QED) is 0.643. The lowest BCUT2D eigenvalue weighted by molar-refractivity contribution is -0.168. The highest BCUT2D eigenvalue weighted by atomic mass is 79.9. The minimum Gasteiger partial charge on any atom is -0.0461 e. The van der Waals surface area contributed by atoms with Crippen molar-refractivity contribution in [1.82, 2.24) is 0 Å². The van der Waals surface area contributed by atoms with E-state index in [1.54, 1.807) is 12.0 Å². The number of hydrogen-bond donors (Lipinski definition) is 0. The molecule has 0 heterocycles. The van der Waals surface area contributed by atoms with E-state index in [4.69, 9.17) is 0 Å². The normalized spacial score (nSPS) is 72.9. The fourth-order valence-corrected chi connectivity index (χ4v) is 7.21. The zero-order valence-electron chi connectivity index (χ0n) is 7.08. The maximum Gasteiger partial charge on any atom is 0.0602 e. The molecule has 0 aliphatic heterocycles. The zero-order chi connectivity index (χ0) is 8.48. The molecule has 0 nitrogen and oxygen atoms in total. The van der Waals surface area contributed by atoms with E-state index in [0.717, 1.165) is 35.5 Å². The molecule has 6 saturated carbocycles. The van der Waals surface area contributed by atoms with Gasteiger partial charge in [-0.05, 0) is 91.2 Å². The first-order valence-corrected chi connectivity index (χ1v) is 6.94. The van der Waals surface area contributed by atoms with Gasteiger partial charge in [0.2, 0.25) is 0 Å². The van der Waals surface area contributed by atoms with E-state index in [2.05, 4.69) is 31.9 Å². The average Bonchev–Trinajstić information content (AvgIpc) is 2.49. The summed E-state index contributed by atoms with van der Waals surface area (Å²) in [4.78, 5) is 0. The summed E-state index contributed by atoms with van der Waals surface area (Å²) in [5.41, 5.74) is 1.79. The molecule has 2 heteroatoms. The van der Waals surface area contributed by atoms with Gasteiger partial charge in [0.15, 0.2) is 0 Å². The third-order valence-electron chi connectivity index (χ3n) is 6.00. The van der Waals surface area contributed by atoms with Crippen LogP contribution in [-0.4, -0.2) is 0 Å². The monoisotopic (exact) mass is 300 g/mol. The number of allylic oxidation sites excluding steroid dienone is 1. The summed E-state index contributed by atoms with van der Waals surface area (Å²) in [6.45, 7) is 0. The van der Waals surface area contributed by atoms with Crippen LogP contribution < -0.4 is 0 Å². The van der Waals surface area contributed by atoms with Crippen molar-refractivity contribution in [2.24, 2.45) is 47.3 Å². The Balaban J connectivity index is 1.83. The minimum atomic E-state index is 1.02. The fourth-order valence-electron chi connectivity index (χ4n) is 6.15. The van der Waals surface area contributed by atoms with Crippen molar-refractivity contribution >= 4 is 31.9 Å². The third-order valence-corrected chi connectivity index (χ3v) is 6.92. The lowest BCUT2D eigenvalue weighted by Gasteiger charge is -2.63. The van der Waals surface area contributed by atoms with Crippen LogP contribution in [-0.2, 0) is 0 Å². The van der Waals surface area contributed by atoms with Crippen molar-refractivity contribution in [2.75, 3.05) is 0 Å². The van der Waals surface area contributed by atoms with Gasteiger partial charge < -0.3 is 0 Å². The summed E-state index contributed by atoms with van der Waals surface area (Å²) in [6.07, 6.45) is 1.59. The van der Waals surface area contributed by atoms with Gasteiger partial charge in [-0.15, -0.1) is 0 Å². The Morgan fingerprint density at radius 1 is 0.923 bits per heavy atom. The highest BCUT2D eigenvalue weighted by molar-refractivity contribution is 9.28. The van der Waals surface area contributed by atoms with Gasteiger partial charge in [-0.3, -0.25) is 0 Å². The molecule has 4 bridgehead atoms. The van der Waals surface area contributed by atoms with Crippen molar-refractivity contribution in [1.29, 1.82) is 0 Å². The molecule has 0 unspecified atom stereocenters. The Morgan fingerprint density at radius 2 is 1.69 bits per heavy atom. The van der Waals surface area contributed by atoms with E-state index >= 15 is 0 Å². The van der Waals surface area contributed by atoms with Gasteiger partial charge in [0.1, 0.15) is 0 Å². The molecule has 0 aromatic rings. The van der Waals surface area contributed by atoms with Crippen LogP contribution >= 0.6 is 31.9 Å². The molecule has 68 valence electrons. The van der Waals surface area contributed by atoms with E-state index in [9.17, 15) is 0 Å². The molecule has 0 aromatic carbocycles. The lowest BCUT2D eigenvalue weighted by Crippen LogP contribution is -2.60. The fraction of sp³-hybridized carbons (Fsp3) is 0.818. The predicted octanol–water partition coefficient (Wildman–Crippen LogP) is 3.38. The van der Waals surface area contributed by atoms with E-state index in [0.29, 0.717) is 0 Å². The van der Waals surface area contributed by atoms with Crippen LogP contribution in [0.3, 0.4) is 0 Å². The van der Waals surface area contributed by atoms with Gasteiger partial charge in [-0.2, -0.15) is 0 Å². The molecule has 6 aliphatic rings. The molecule has 0 saturated heterocycles. The van der Waals surface area contributed by atoms with Gasteiger partial charge in [-0.1, -0.05) is 0 Å². The van der Waals surface area contributed by atoms with Crippen LogP contribution in [0.5, 0.6) is 0 Å². The standard InChI is InChI=1S/C11H10Br2/c12-11(13)10-7-3-1-2-4-5(3)9(10)8(4)6(2)7/h2-9H,1H2/t2-,3+,4+,5+,6+,7+,8+,9+/m0/s1. The molecule has 0 radical (unpaired) electrons. The second kappa shape index (κ2) is 1.73. The number of rotatable bonds is 0. The van der Waals surface area contributed by atoms with E-state index in [1.165, 1.54) is 15.2 Å². The summed E-state index contributed by atoms with van der Waals surface area (Å²) in [7, 11) is 0. The Labute approximate surface area is 94.4 Å². The summed E-state index contributed by atoms with van der Waals surface area (Å²) in [5, 5.41) is 0. The van der Waals surface area contributed by atoms with Gasteiger partial charge in [0.05, 0.1) is 3.39 Å². The minimum absolute atomic E-state index is 1.02. The van der Waals surface area contributed by atoms with E-state index < -0.39 is 0 Å². The van der Waals surface area contributed by atoms with Gasteiger partial charge in [0.25, 0.3) is 0 Å². The number of hydrogen-bond acceptors (Lipinski definition) is 0. The molecule has 6 aliphatic carbocycles. The Morgan fingerprint density at radius 3 is 2.31 bits per heavy atom. The van der Waals surface area contributed by atoms with Crippen molar-refractivity contribution in [3.63, 3.8) is 0 Å². The topological polar surface area (TPSA) is 0 Å². The third kappa shape index (κ3) is 0.452. The maximum atomic E-state index is 3.66. The van der Waals surface area contributed by atoms with Gasteiger partial charge >= 0.3 is 0 Å². The number of halogens is 2. The van der Waals surface area contributed by atoms with Crippen LogP contribution in [0.2, 0.25) is 0 Å². The van der Waals surface area contributed by atoms with Crippen molar-refractivity contribution in [3.05, 3.63) is 8.96 Å². The largest absolute Gasteiger partial charge is 0.0602 e. The molecule has 0 amide bonds. The first-order chi connectivity index (χ1) is 6.30. The molecular weight excluding hydrogens is 292 g/mol. The molecule has 8 atom stereocenters. The summed E-state index contributed by atoms with van der Waals surface area (Å²) < 4.78 is 1.32. The van der Waals surface area contributed by atoms with Crippen LogP contribution in [0.15, 0.2) is 8.96 Å². The lowest BCUT2D eigenvalue weighted by atomic mass is 9.41. The van der Waals surface area contributed by atoms with Crippen molar-refractivity contribution < 1.29 is 0 Å². The molecule has 6 fully saturated rings. The average molecular weight is 302 g/mol. The van der Waals surface area contributed by atoms with Crippen LogP contribution in [0.25, 0.3) is 0 Å². The van der Waals surface area contributed by atoms with Crippen LogP contribution in [0.4, 0.5) is 0 Å². The Kier molecular flexibility index (Phi) is 0.939. The first kappa shape index (κ1) is 7.05. The summed E-state index contributed by atoms with van der Waals surface area (Å²) in [6, 6.07) is 0. The molecule has 6 rings (SSSR count). The van der Waals surface area contributed by atoms with E-state index in [-0.39, 0.29) is 0 Å². The summed E-state index contributed by atoms with van der Waals surface area (Å²) in [5.74, 6) is 8.98. The van der Waals surface area contributed by atoms with E-state index in [1.807, 2.05) is 0 Å². The first-order valence-electron chi connectivity index (χ1n) is 5.36. The van der Waals surface area contributed by atoms with Crippen LogP contribution in [0, 0.1) is 47.3 Å². The second-order valence-electron chi connectivity index (χ2n) is 5.64. The highest BCUT2D eigenvalue weighted by Gasteiger charge is 2.85.